The summed E-state index contributed by atoms with van der Waals surface area (Å²) in [6.07, 6.45) is 2.60. The number of hydrogen-bond donors (Lipinski definition) is 2. The molecule has 0 aliphatic carbocycles. The van der Waals surface area contributed by atoms with Gasteiger partial charge in [-0.2, -0.15) is 4.31 Å². The van der Waals surface area contributed by atoms with Crippen LogP contribution < -0.4 is 10.6 Å². The van der Waals surface area contributed by atoms with Gasteiger partial charge in [-0.15, -0.1) is 0 Å². The Morgan fingerprint density at radius 2 is 1.61 bits per heavy atom. The molecule has 0 saturated carbocycles. The average Bonchev–Trinajstić information content (AvgIpc) is 2.74. The van der Waals surface area contributed by atoms with Crippen molar-refractivity contribution in [3.63, 3.8) is 0 Å². The SMILES string of the molecule is C=CC(=O)NC1CC(C)N(S(=O)(=O)Cc2ccc(NC(=O)Cc3ccccc3)cc2)C(C)C1. The lowest BCUT2D eigenvalue weighted by Crippen LogP contribution is -2.55. The first-order chi connectivity index (χ1) is 15.7. The third-order valence-electron chi connectivity index (χ3n) is 5.77. The van der Waals surface area contributed by atoms with Gasteiger partial charge in [0.15, 0.2) is 0 Å². The van der Waals surface area contributed by atoms with Gasteiger partial charge < -0.3 is 10.6 Å². The second-order valence-corrected chi connectivity index (χ2v) is 10.4. The maximum absolute atomic E-state index is 13.2. The van der Waals surface area contributed by atoms with Crippen LogP contribution in [0, 0.1) is 0 Å². The molecule has 2 amide bonds. The van der Waals surface area contributed by atoms with E-state index in [1.54, 1.807) is 28.6 Å². The fourth-order valence-electron chi connectivity index (χ4n) is 4.44. The van der Waals surface area contributed by atoms with Crippen molar-refractivity contribution in [2.24, 2.45) is 0 Å². The van der Waals surface area contributed by atoms with Crippen molar-refractivity contribution < 1.29 is 18.0 Å². The minimum absolute atomic E-state index is 0.0780. The van der Waals surface area contributed by atoms with Crippen molar-refractivity contribution in [3.05, 3.63) is 78.4 Å². The predicted octanol–water partition coefficient (Wildman–Crippen LogP) is 3.24. The minimum atomic E-state index is -3.56. The van der Waals surface area contributed by atoms with Crippen molar-refractivity contribution in [2.75, 3.05) is 5.32 Å². The molecule has 0 spiro atoms. The molecule has 2 atom stereocenters. The van der Waals surface area contributed by atoms with E-state index in [4.69, 9.17) is 0 Å². The molecule has 2 unspecified atom stereocenters. The summed E-state index contributed by atoms with van der Waals surface area (Å²) in [7, 11) is -3.56. The molecular weight excluding hydrogens is 438 g/mol. The molecule has 2 aromatic carbocycles. The Hall–Kier alpha value is -2.97. The predicted molar refractivity (Wildman–Crippen MR) is 130 cm³/mol. The zero-order valence-electron chi connectivity index (χ0n) is 19.0. The van der Waals surface area contributed by atoms with Crippen LogP contribution in [-0.2, 0) is 31.8 Å². The van der Waals surface area contributed by atoms with Gasteiger partial charge in [-0.25, -0.2) is 8.42 Å². The van der Waals surface area contributed by atoms with Gasteiger partial charge in [-0.1, -0.05) is 49.0 Å². The summed E-state index contributed by atoms with van der Waals surface area (Å²) in [4.78, 5) is 23.9. The molecule has 1 aliphatic heterocycles. The van der Waals surface area contributed by atoms with Crippen LogP contribution in [0.4, 0.5) is 5.69 Å². The van der Waals surface area contributed by atoms with Gasteiger partial charge in [0.25, 0.3) is 0 Å². The first kappa shape index (κ1) is 24.7. The van der Waals surface area contributed by atoms with E-state index < -0.39 is 10.0 Å². The second-order valence-electron chi connectivity index (χ2n) is 8.57. The number of hydrogen-bond acceptors (Lipinski definition) is 4. The maximum Gasteiger partial charge on any atom is 0.243 e. The van der Waals surface area contributed by atoms with E-state index in [1.165, 1.54) is 6.08 Å². The van der Waals surface area contributed by atoms with Gasteiger partial charge in [0.05, 0.1) is 12.2 Å². The van der Waals surface area contributed by atoms with Crippen molar-refractivity contribution in [1.29, 1.82) is 0 Å². The largest absolute Gasteiger partial charge is 0.350 e. The van der Waals surface area contributed by atoms with Gasteiger partial charge in [0.2, 0.25) is 21.8 Å². The number of piperidine rings is 1. The Morgan fingerprint density at radius 3 is 2.18 bits per heavy atom. The molecule has 8 heteroatoms. The molecule has 1 aliphatic rings. The lowest BCUT2D eigenvalue weighted by Gasteiger charge is -2.41. The number of benzene rings is 2. The molecule has 33 heavy (non-hydrogen) atoms. The minimum Gasteiger partial charge on any atom is -0.350 e. The van der Waals surface area contributed by atoms with Crippen molar-refractivity contribution in [3.8, 4) is 0 Å². The Morgan fingerprint density at radius 1 is 1.00 bits per heavy atom. The lowest BCUT2D eigenvalue weighted by atomic mass is 9.95. The Balaban J connectivity index is 1.60. The van der Waals surface area contributed by atoms with E-state index >= 15 is 0 Å². The van der Waals surface area contributed by atoms with Crippen LogP contribution in [0.25, 0.3) is 0 Å². The summed E-state index contributed by atoms with van der Waals surface area (Å²) in [6.45, 7) is 7.20. The summed E-state index contributed by atoms with van der Waals surface area (Å²) in [5.74, 6) is -0.494. The molecule has 0 bridgehead atoms. The van der Waals surface area contributed by atoms with E-state index in [0.29, 0.717) is 24.1 Å². The second kappa shape index (κ2) is 10.8. The molecule has 3 rings (SSSR count). The molecule has 1 heterocycles. The van der Waals surface area contributed by atoms with E-state index in [0.717, 1.165) is 5.56 Å². The standard InChI is InChI=1S/C25H31N3O4S/c1-4-24(29)27-23-14-18(2)28(19(3)15-23)33(31,32)17-21-10-12-22(13-11-21)26-25(30)16-20-8-6-5-7-9-20/h4-13,18-19,23H,1,14-17H2,2-3H3,(H,26,30)(H,27,29). The first-order valence-electron chi connectivity index (χ1n) is 11.0. The van der Waals surface area contributed by atoms with Gasteiger partial charge in [0, 0.05) is 23.8 Å². The molecule has 0 radical (unpaired) electrons. The van der Waals surface area contributed by atoms with Gasteiger partial charge in [-0.3, -0.25) is 9.59 Å². The van der Waals surface area contributed by atoms with Crippen LogP contribution >= 0.6 is 0 Å². The van der Waals surface area contributed by atoms with Gasteiger partial charge in [0.1, 0.15) is 0 Å². The van der Waals surface area contributed by atoms with E-state index in [2.05, 4.69) is 17.2 Å². The smallest absolute Gasteiger partial charge is 0.243 e. The zero-order chi connectivity index (χ0) is 24.0. The van der Waals surface area contributed by atoms with Gasteiger partial charge >= 0.3 is 0 Å². The normalized spacial score (nSPS) is 21.2. The Labute approximate surface area is 195 Å². The van der Waals surface area contributed by atoms with Gasteiger partial charge in [-0.05, 0) is 56.0 Å². The summed E-state index contributed by atoms with van der Waals surface area (Å²) < 4.78 is 27.9. The zero-order valence-corrected chi connectivity index (χ0v) is 19.8. The Kier molecular flexibility index (Phi) is 8.05. The molecule has 176 valence electrons. The highest BCUT2D eigenvalue weighted by Crippen LogP contribution is 2.28. The number of carbonyl (C=O) groups is 2. The third kappa shape index (κ3) is 6.76. The summed E-state index contributed by atoms with van der Waals surface area (Å²) >= 11 is 0. The molecule has 2 aromatic rings. The number of nitrogens with zero attached hydrogens (tertiary/aromatic N) is 1. The van der Waals surface area contributed by atoms with E-state index in [1.807, 2.05) is 44.2 Å². The highest BCUT2D eigenvalue weighted by molar-refractivity contribution is 7.88. The topological polar surface area (TPSA) is 95.6 Å². The van der Waals surface area contributed by atoms with Crippen molar-refractivity contribution >= 4 is 27.5 Å². The number of amides is 2. The highest BCUT2D eigenvalue weighted by atomic mass is 32.2. The molecule has 1 saturated heterocycles. The summed E-state index contributed by atoms with van der Waals surface area (Å²) in [6, 6.07) is 15.8. The van der Waals surface area contributed by atoms with E-state index in [9.17, 15) is 18.0 Å². The van der Waals surface area contributed by atoms with Crippen LogP contribution in [0.15, 0.2) is 67.3 Å². The number of anilines is 1. The molecule has 2 N–H and O–H groups in total. The van der Waals surface area contributed by atoms with Crippen LogP contribution in [0.5, 0.6) is 0 Å². The van der Waals surface area contributed by atoms with Crippen LogP contribution in [0.3, 0.4) is 0 Å². The Bertz CT molecular complexity index is 1070. The summed E-state index contributed by atoms with van der Waals surface area (Å²) in [5.41, 5.74) is 2.20. The fourth-order valence-corrected chi connectivity index (χ4v) is 6.48. The summed E-state index contributed by atoms with van der Waals surface area (Å²) in [5, 5.41) is 5.72. The monoisotopic (exact) mass is 469 g/mol. The first-order valence-corrected chi connectivity index (χ1v) is 12.7. The van der Waals surface area contributed by atoms with Crippen LogP contribution in [0.2, 0.25) is 0 Å². The molecule has 7 nitrogen and oxygen atoms in total. The third-order valence-corrected chi connectivity index (χ3v) is 7.83. The molecular formula is C25H31N3O4S. The average molecular weight is 470 g/mol. The number of carbonyl (C=O) groups excluding carboxylic acids is 2. The maximum atomic E-state index is 13.2. The number of nitrogens with one attached hydrogen (secondary N) is 2. The van der Waals surface area contributed by atoms with Crippen LogP contribution in [0.1, 0.15) is 37.8 Å². The van der Waals surface area contributed by atoms with Crippen LogP contribution in [-0.4, -0.2) is 42.7 Å². The quantitative estimate of drug-likeness (QED) is 0.580. The lowest BCUT2D eigenvalue weighted by molar-refractivity contribution is -0.117. The number of sulfonamides is 1. The van der Waals surface area contributed by atoms with Crippen molar-refractivity contribution in [1.82, 2.24) is 9.62 Å². The highest BCUT2D eigenvalue weighted by Gasteiger charge is 2.38. The number of rotatable bonds is 8. The fraction of sp³-hybridized carbons (Fsp3) is 0.360. The molecule has 1 fully saturated rings. The molecule has 0 aromatic heterocycles. The van der Waals surface area contributed by atoms with Crippen molar-refractivity contribution in [2.45, 2.75) is 57.0 Å². The van der Waals surface area contributed by atoms with E-state index in [-0.39, 0.29) is 42.1 Å².